The van der Waals surface area contributed by atoms with Gasteiger partial charge in [0.15, 0.2) is 11.5 Å². The van der Waals surface area contributed by atoms with Crippen LogP contribution in [0.1, 0.15) is 18.9 Å². The Kier molecular flexibility index (Phi) is 7.73. The zero-order valence-corrected chi connectivity index (χ0v) is 13.9. The van der Waals surface area contributed by atoms with Crippen molar-refractivity contribution in [2.24, 2.45) is 0 Å². The molecule has 1 aromatic carbocycles. The quantitative estimate of drug-likeness (QED) is 0.545. The van der Waals surface area contributed by atoms with E-state index >= 15 is 0 Å². The predicted octanol–water partition coefficient (Wildman–Crippen LogP) is 1.32. The molecule has 7 nitrogen and oxygen atoms in total. The van der Waals surface area contributed by atoms with Gasteiger partial charge in [-0.25, -0.2) is 0 Å². The number of esters is 1. The van der Waals surface area contributed by atoms with Crippen molar-refractivity contribution in [3.8, 4) is 17.2 Å². The number of benzene rings is 1. The first-order valence-corrected chi connectivity index (χ1v) is 7.26. The van der Waals surface area contributed by atoms with Crippen LogP contribution in [0.3, 0.4) is 0 Å². The number of ether oxygens (including phenoxy) is 4. The lowest BCUT2D eigenvalue weighted by atomic mass is 10.1. The van der Waals surface area contributed by atoms with Crippen LogP contribution in [0.25, 0.3) is 0 Å². The van der Waals surface area contributed by atoms with Crippen LogP contribution in [-0.4, -0.2) is 46.4 Å². The monoisotopic (exact) mass is 325 g/mol. The largest absolute Gasteiger partial charge is 0.493 e. The molecule has 7 heteroatoms. The molecule has 128 valence electrons. The second kappa shape index (κ2) is 9.55. The number of methoxy groups -OCH3 is 3. The van der Waals surface area contributed by atoms with Crippen molar-refractivity contribution >= 4 is 11.9 Å². The second-order valence-electron chi connectivity index (χ2n) is 4.62. The smallest absolute Gasteiger partial charge is 0.315 e. The molecule has 0 saturated heterocycles. The van der Waals surface area contributed by atoms with Gasteiger partial charge in [-0.05, 0) is 31.0 Å². The van der Waals surface area contributed by atoms with E-state index in [1.165, 1.54) is 7.11 Å². The van der Waals surface area contributed by atoms with Gasteiger partial charge in [-0.15, -0.1) is 0 Å². The first kappa shape index (κ1) is 18.6. The summed E-state index contributed by atoms with van der Waals surface area (Å²) in [5.41, 5.74) is 0.913. The lowest BCUT2D eigenvalue weighted by Crippen LogP contribution is -2.28. The second-order valence-corrected chi connectivity index (χ2v) is 4.62. The first-order chi connectivity index (χ1) is 11.0. The van der Waals surface area contributed by atoms with E-state index in [0.717, 1.165) is 5.56 Å². The minimum atomic E-state index is -0.530. The van der Waals surface area contributed by atoms with E-state index in [0.29, 0.717) is 30.2 Å². The maximum absolute atomic E-state index is 11.6. The van der Waals surface area contributed by atoms with Gasteiger partial charge >= 0.3 is 5.97 Å². The number of hydrogen-bond donors (Lipinski definition) is 1. The Bertz CT molecular complexity index is 518. The standard InChI is InChI=1S/C16H23NO6/c1-5-23-15(19)10-14(18)17-7-6-11-8-12(20-2)16(22-4)13(9-11)21-3/h8-9H,5-7,10H2,1-4H3,(H,17,18). The lowest BCUT2D eigenvalue weighted by Gasteiger charge is -2.14. The van der Waals surface area contributed by atoms with Gasteiger partial charge in [0.2, 0.25) is 11.7 Å². The minimum Gasteiger partial charge on any atom is -0.493 e. The third-order valence-corrected chi connectivity index (χ3v) is 3.07. The summed E-state index contributed by atoms with van der Waals surface area (Å²) in [4.78, 5) is 22.8. The van der Waals surface area contributed by atoms with Gasteiger partial charge in [0, 0.05) is 6.54 Å². The Morgan fingerprint density at radius 3 is 2.13 bits per heavy atom. The summed E-state index contributed by atoms with van der Waals surface area (Å²) in [5.74, 6) is 0.734. The van der Waals surface area contributed by atoms with Crippen LogP contribution >= 0.6 is 0 Å². The molecule has 0 radical (unpaired) electrons. The van der Waals surface area contributed by atoms with Gasteiger partial charge in [-0.2, -0.15) is 0 Å². The fourth-order valence-corrected chi connectivity index (χ4v) is 2.03. The van der Waals surface area contributed by atoms with Crippen LogP contribution in [0.15, 0.2) is 12.1 Å². The van der Waals surface area contributed by atoms with Crippen LogP contribution in [-0.2, 0) is 20.7 Å². The average molecular weight is 325 g/mol. The van der Waals surface area contributed by atoms with Gasteiger partial charge in [-0.3, -0.25) is 9.59 Å². The zero-order valence-electron chi connectivity index (χ0n) is 13.9. The maximum atomic E-state index is 11.6. The summed E-state index contributed by atoms with van der Waals surface area (Å²) >= 11 is 0. The van der Waals surface area contributed by atoms with E-state index in [4.69, 9.17) is 18.9 Å². The molecule has 23 heavy (non-hydrogen) atoms. The van der Waals surface area contributed by atoms with E-state index < -0.39 is 5.97 Å². The van der Waals surface area contributed by atoms with Crippen molar-refractivity contribution in [2.45, 2.75) is 19.8 Å². The van der Waals surface area contributed by atoms with Crippen LogP contribution in [0, 0.1) is 0 Å². The molecular weight excluding hydrogens is 302 g/mol. The molecule has 0 atom stereocenters. The highest BCUT2D eigenvalue weighted by Gasteiger charge is 2.14. The Balaban J connectivity index is 2.61. The maximum Gasteiger partial charge on any atom is 0.315 e. The minimum absolute atomic E-state index is 0.261. The molecule has 0 aromatic heterocycles. The predicted molar refractivity (Wildman–Crippen MR) is 84.1 cm³/mol. The average Bonchev–Trinajstić information content (AvgIpc) is 2.53. The van der Waals surface area contributed by atoms with Gasteiger partial charge < -0.3 is 24.3 Å². The van der Waals surface area contributed by atoms with Crippen molar-refractivity contribution in [3.63, 3.8) is 0 Å². The third kappa shape index (κ3) is 5.69. The summed E-state index contributed by atoms with van der Waals surface area (Å²) < 4.78 is 20.5. The van der Waals surface area contributed by atoms with Crippen molar-refractivity contribution in [1.29, 1.82) is 0 Å². The Hall–Kier alpha value is -2.44. The molecule has 0 heterocycles. The van der Waals surface area contributed by atoms with Gasteiger partial charge in [0.25, 0.3) is 0 Å². The Morgan fingerprint density at radius 2 is 1.65 bits per heavy atom. The van der Waals surface area contributed by atoms with Crippen molar-refractivity contribution in [3.05, 3.63) is 17.7 Å². The van der Waals surface area contributed by atoms with Crippen molar-refractivity contribution < 1.29 is 28.5 Å². The van der Waals surface area contributed by atoms with Gasteiger partial charge in [-0.1, -0.05) is 0 Å². The van der Waals surface area contributed by atoms with Gasteiger partial charge in [0.1, 0.15) is 6.42 Å². The van der Waals surface area contributed by atoms with E-state index in [9.17, 15) is 9.59 Å². The van der Waals surface area contributed by atoms with Crippen LogP contribution in [0.4, 0.5) is 0 Å². The lowest BCUT2D eigenvalue weighted by molar-refractivity contribution is -0.145. The molecule has 0 unspecified atom stereocenters. The van der Waals surface area contributed by atoms with Crippen molar-refractivity contribution in [1.82, 2.24) is 5.32 Å². The van der Waals surface area contributed by atoms with E-state index in [1.807, 2.05) is 12.1 Å². The number of amides is 1. The van der Waals surface area contributed by atoms with Crippen LogP contribution in [0.5, 0.6) is 17.2 Å². The normalized spacial score (nSPS) is 9.91. The molecular formula is C16H23NO6. The number of carbonyl (C=O) groups is 2. The summed E-state index contributed by atoms with van der Waals surface area (Å²) in [5, 5.41) is 2.67. The van der Waals surface area contributed by atoms with Gasteiger partial charge in [0.05, 0.1) is 27.9 Å². The Labute approximate surface area is 135 Å². The molecule has 1 amide bonds. The molecule has 0 aliphatic rings. The SMILES string of the molecule is CCOC(=O)CC(=O)NCCc1cc(OC)c(OC)c(OC)c1. The first-order valence-electron chi connectivity index (χ1n) is 7.26. The van der Waals surface area contributed by atoms with Crippen LogP contribution < -0.4 is 19.5 Å². The van der Waals surface area contributed by atoms with E-state index in [2.05, 4.69) is 5.32 Å². The third-order valence-electron chi connectivity index (χ3n) is 3.07. The Morgan fingerprint density at radius 1 is 1.04 bits per heavy atom. The number of rotatable bonds is 9. The summed E-state index contributed by atoms with van der Waals surface area (Å²) in [7, 11) is 4.63. The topological polar surface area (TPSA) is 83.1 Å². The molecule has 1 rings (SSSR count). The highest BCUT2D eigenvalue weighted by atomic mass is 16.5. The fourth-order valence-electron chi connectivity index (χ4n) is 2.03. The molecule has 0 bridgehead atoms. The highest BCUT2D eigenvalue weighted by Crippen LogP contribution is 2.38. The molecule has 0 spiro atoms. The molecule has 0 saturated carbocycles. The summed E-state index contributed by atoms with van der Waals surface area (Å²) in [6.07, 6.45) is 0.286. The summed E-state index contributed by atoms with van der Waals surface area (Å²) in [6.45, 7) is 2.34. The highest BCUT2D eigenvalue weighted by molar-refractivity contribution is 5.94. The summed E-state index contributed by atoms with van der Waals surface area (Å²) in [6, 6.07) is 3.64. The molecule has 0 aliphatic heterocycles. The van der Waals surface area contributed by atoms with E-state index in [-0.39, 0.29) is 18.9 Å². The van der Waals surface area contributed by atoms with E-state index in [1.54, 1.807) is 21.1 Å². The molecule has 0 aliphatic carbocycles. The molecule has 0 fully saturated rings. The van der Waals surface area contributed by atoms with Crippen molar-refractivity contribution in [2.75, 3.05) is 34.5 Å². The number of nitrogens with one attached hydrogen (secondary N) is 1. The fraction of sp³-hybridized carbons (Fsp3) is 0.500. The van der Waals surface area contributed by atoms with Crippen LogP contribution in [0.2, 0.25) is 0 Å². The number of carbonyl (C=O) groups excluding carboxylic acids is 2. The zero-order chi connectivity index (χ0) is 17.2. The molecule has 1 aromatic rings. The molecule has 1 N–H and O–H groups in total. The number of hydrogen-bond acceptors (Lipinski definition) is 6.